The highest BCUT2D eigenvalue weighted by Gasteiger charge is 2.25. The second-order valence-electron chi connectivity index (χ2n) is 7.63. The third-order valence-corrected chi connectivity index (χ3v) is 5.34. The molecule has 1 saturated heterocycles. The molecule has 0 bridgehead atoms. The van der Waals surface area contributed by atoms with Crippen LogP contribution in [-0.2, 0) is 4.74 Å². The minimum Gasteiger partial charge on any atom is -0.378 e. The van der Waals surface area contributed by atoms with Crippen molar-refractivity contribution < 1.29 is 9.53 Å². The average molecular weight is 403 g/mol. The van der Waals surface area contributed by atoms with Crippen LogP contribution in [0.4, 0.5) is 0 Å². The molecule has 1 aromatic heterocycles. The second-order valence-corrected chi connectivity index (χ2v) is 7.63. The summed E-state index contributed by atoms with van der Waals surface area (Å²) in [5.74, 6) is -0.403. The molecule has 1 aliphatic rings. The number of carbonyl (C=O) groups is 1. The standard InChI is InChI=1S/C24H25N3O3/c1-16(15-19-13-8-14-30-19)25-23(28)21-20(17-9-4-2-5-10-17)22(26-27-24(21)29)18-11-6-3-7-12-18/h2-7,9-12,16,19H,8,13-15H2,1H3,(H,25,28)(H,27,29). The van der Waals surface area contributed by atoms with Gasteiger partial charge in [-0.1, -0.05) is 60.7 Å². The molecule has 0 saturated carbocycles. The van der Waals surface area contributed by atoms with Gasteiger partial charge in [-0.15, -0.1) is 0 Å². The van der Waals surface area contributed by atoms with Crippen LogP contribution in [0.1, 0.15) is 36.5 Å². The molecule has 30 heavy (non-hydrogen) atoms. The lowest BCUT2D eigenvalue weighted by Crippen LogP contribution is -2.38. The summed E-state index contributed by atoms with van der Waals surface area (Å²) in [7, 11) is 0. The van der Waals surface area contributed by atoms with Crippen molar-refractivity contribution in [2.75, 3.05) is 6.61 Å². The first-order chi connectivity index (χ1) is 14.6. The number of amides is 1. The highest BCUT2D eigenvalue weighted by atomic mass is 16.5. The SMILES string of the molecule is CC(CC1CCCO1)NC(=O)c1c(-c2ccccc2)c(-c2ccccc2)n[nH]c1=O. The van der Waals surface area contributed by atoms with Crippen molar-refractivity contribution in [2.24, 2.45) is 0 Å². The van der Waals surface area contributed by atoms with E-state index >= 15 is 0 Å². The zero-order valence-corrected chi connectivity index (χ0v) is 16.9. The Labute approximate surface area is 175 Å². The van der Waals surface area contributed by atoms with Gasteiger partial charge in [-0.25, -0.2) is 5.10 Å². The van der Waals surface area contributed by atoms with E-state index in [1.54, 1.807) is 0 Å². The number of aromatic amines is 1. The van der Waals surface area contributed by atoms with E-state index < -0.39 is 11.5 Å². The zero-order valence-electron chi connectivity index (χ0n) is 16.9. The zero-order chi connectivity index (χ0) is 20.9. The Hall–Kier alpha value is -3.25. The third kappa shape index (κ3) is 4.33. The first-order valence-corrected chi connectivity index (χ1v) is 10.3. The number of benzene rings is 2. The van der Waals surface area contributed by atoms with Crippen molar-refractivity contribution in [3.05, 3.63) is 76.6 Å². The number of rotatable bonds is 6. The first kappa shape index (κ1) is 20.0. The van der Waals surface area contributed by atoms with Crippen LogP contribution in [0.3, 0.4) is 0 Å². The molecule has 154 valence electrons. The molecule has 6 heteroatoms. The highest BCUT2D eigenvalue weighted by molar-refractivity contribution is 6.03. The van der Waals surface area contributed by atoms with Crippen molar-refractivity contribution in [3.8, 4) is 22.4 Å². The normalized spacial score (nSPS) is 16.9. The van der Waals surface area contributed by atoms with Crippen LogP contribution >= 0.6 is 0 Å². The predicted molar refractivity (Wildman–Crippen MR) is 116 cm³/mol. The Morgan fingerprint density at radius 3 is 2.43 bits per heavy atom. The molecule has 2 heterocycles. The van der Waals surface area contributed by atoms with E-state index in [0.717, 1.165) is 37.0 Å². The largest absolute Gasteiger partial charge is 0.378 e. The van der Waals surface area contributed by atoms with E-state index in [9.17, 15) is 9.59 Å². The van der Waals surface area contributed by atoms with E-state index in [1.807, 2.05) is 67.6 Å². The highest BCUT2D eigenvalue weighted by Crippen LogP contribution is 2.31. The minimum atomic E-state index is -0.504. The molecule has 2 unspecified atom stereocenters. The Morgan fingerprint density at radius 1 is 1.13 bits per heavy atom. The summed E-state index contributed by atoms with van der Waals surface area (Å²) in [4.78, 5) is 26.0. The van der Waals surface area contributed by atoms with Gasteiger partial charge in [0, 0.05) is 23.8 Å². The number of carbonyl (C=O) groups excluding carboxylic acids is 1. The van der Waals surface area contributed by atoms with Gasteiger partial charge in [0.1, 0.15) is 5.56 Å². The van der Waals surface area contributed by atoms with Crippen LogP contribution in [-0.4, -0.2) is 34.9 Å². The number of nitrogens with zero attached hydrogens (tertiary/aromatic N) is 1. The molecule has 1 fully saturated rings. The molecule has 0 spiro atoms. The number of hydrogen-bond donors (Lipinski definition) is 2. The van der Waals surface area contributed by atoms with Gasteiger partial charge in [0.2, 0.25) is 0 Å². The molecule has 1 aliphatic heterocycles. The summed E-state index contributed by atoms with van der Waals surface area (Å²) >= 11 is 0. The van der Waals surface area contributed by atoms with Crippen molar-refractivity contribution in [3.63, 3.8) is 0 Å². The molecule has 0 radical (unpaired) electrons. The molecule has 6 nitrogen and oxygen atoms in total. The molecule has 2 N–H and O–H groups in total. The predicted octanol–water partition coefficient (Wildman–Crippen LogP) is 3.79. The van der Waals surface area contributed by atoms with Crippen molar-refractivity contribution in [2.45, 2.75) is 38.3 Å². The van der Waals surface area contributed by atoms with Crippen LogP contribution in [0.25, 0.3) is 22.4 Å². The summed E-state index contributed by atoms with van der Waals surface area (Å²) in [5.41, 5.74) is 2.27. The molecule has 3 aromatic rings. The number of ether oxygens (including phenoxy) is 1. The van der Waals surface area contributed by atoms with Crippen LogP contribution < -0.4 is 10.9 Å². The van der Waals surface area contributed by atoms with Gasteiger partial charge >= 0.3 is 0 Å². The third-order valence-electron chi connectivity index (χ3n) is 5.34. The summed E-state index contributed by atoms with van der Waals surface area (Å²) in [6, 6.07) is 18.9. The number of hydrogen-bond acceptors (Lipinski definition) is 4. The van der Waals surface area contributed by atoms with Gasteiger partial charge < -0.3 is 10.1 Å². The van der Waals surface area contributed by atoms with Gasteiger partial charge in [0.15, 0.2) is 0 Å². The first-order valence-electron chi connectivity index (χ1n) is 10.3. The smallest absolute Gasteiger partial charge is 0.277 e. The maximum Gasteiger partial charge on any atom is 0.277 e. The summed E-state index contributed by atoms with van der Waals surface area (Å²) in [6.45, 7) is 2.71. The van der Waals surface area contributed by atoms with Gasteiger partial charge in [-0.05, 0) is 31.7 Å². The van der Waals surface area contributed by atoms with Gasteiger partial charge in [0.05, 0.1) is 11.8 Å². The number of aromatic nitrogens is 2. The average Bonchev–Trinajstić information content (AvgIpc) is 3.27. The van der Waals surface area contributed by atoms with Gasteiger partial charge in [-0.3, -0.25) is 9.59 Å². The Balaban J connectivity index is 1.74. The van der Waals surface area contributed by atoms with Crippen LogP contribution in [0, 0.1) is 0 Å². The number of nitrogens with one attached hydrogen (secondary N) is 2. The van der Waals surface area contributed by atoms with Crippen LogP contribution in [0.15, 0.2) is 65.5 Å². The van der Waals surface area contributed by atoms with Gasteiger partial charge in [0.25, 0.3) is 11.5 Å². The molecule has 4 rings (SSSR count). The quantitative estimate of drug-likeness (QED) is 0.656. The lowest BCUT2D eigenvalue weighted by atomic mass is 9.95. The maximum atomic E-state index is 13.2. The fourth-order valence-electron chi connectivity index (χ4n) is 3.94. The van der Waals surface area contributed by atoms with Gasteiger partial charge in [-0.2, -0.15) is 5.10 Å². The molecule has 1 amide bonds. The Morgan fingerprint density at radius 2 is 1.80 bits per heavy atom. The fraction of sp³-hybridized carbons (Fsp3) is 0.292. The Kier molecular flexibility index (Phi) is 6.05. The lowest BCUT2D eigenvalue weighted by molar-refractivity contribution is 0.0849. The molecular formula is C24H25N3O3. The monoisotopic (exact) mass is 403 g/mol. The summed E-state index contributed by atoms with van der Waals surface area (Å²) < 4.78 is 5.68. The maximum absolute atomic E-state index is 13.2. The van der Waals surface area contributed by atoms with E-state index in [4.69, 9.17) is 4.74 Å². The molecular weight excluding hydrogens is 378 g/mol. The van der Waals surface area contributed by atoms with Crippen molar-refractivity contribution in [1.82, 2.24) is 15.5 Å². The van der Waals surface area contributed by atoms with Crippen molar-refractivity contribution >= 4 is 5.91 Å². The summed E-state index contributed by atoms with van der Waals surface area (Å²) in [5, 5.41) is 9.79. The minimum absolute atomic E-state index is 0.0780. The molecule has 2 aromatic carbocycles. The van der Waals surface area contributed by atoms with E-state index in [0.29, 0.717) is 11.3 Å². The second kappa shape index (κ2) is 9.05. The fourth-order valence-corrected chi connectivity index (χ4v) is 3.94. The summed E-state index contributed by atoms with van der Waals surface area (Å²) in [6.07, 6.45) is 2.93. The van der Waals surface area contributed by atoms with E-state index in [1.165, 1.54) is 0 Å². The molecule has 0 aliphatic carbocycles. The van der Waals surface area contributed by atoms with E-state index in [2.05, 4.69) is 15.5 Å². The van der Waals surface area contributed by atoms with Crippen LogP contribution in [0.2, 0.25) is 0 Å². The van der Waals surface area contributed by atoms with Crippen LogP contribution in [0.5, 0.6) is 0 Å². The topological polar surface area (TPSA) is 84.1 Å². The van der Waals surface area contributed by atoms with Crippen molar-refractivity contribution in [1.29, 1.82) is 0 Å². The number of H-pyrrole nitrogens is 1. The lowest BCUT2D eigenvalue weighted by Gasteiger charge is -2.19. The molecule has 2 atom stereocenters. The Bertz CT molecular complexity index is 1060. The van der Waals surface area contributed by atoms with E-state index in [-0.39, 0.29) is 17.7 Å².